The lowest BCUT2D eigenvalue weighted by Gasteiger charge is -2.02. The second kappa shape index (κ2) is 5.44. The number of nitrogens with one attached hydrogen (secondary N) is 2. The number of rotatable bonds is 3. The van der Waals surface area contributed by atoms with E-state index in [-0.39, 0.29) is 0 Å². The first-order valence-electron chi connectivity index (χ1n) is 6.69. The number of fused-ring (bicyclic) bond motifs is 1. The molecule has 0 atom stereocenters. The van der Waals surface area contributed by atoms with Crippen molar-refractivity contribution >= 4 is 44.7 Å². The highest BCUT2D eigenvalue weighted by molar-refractivity contribution is 7.14. The highest BCUT2D eigenvalue weighted by atomic mass is 35.5. The summed E-state index contributed by atoms with van der Waals surface area (Å²) in [6.07, 6.45) is 1.81. The molecule has 0 saturated heterocycles. The van der Waals surface area contributed by atoms with Gasteiger partial charge < -0.3 is 5.32 Å². The maximum Gasteiger partial charge on any atom is 0.187 e. The molecule has 2 heterocycles. The molecule has 0 spiro atoms. The van der Waals surface area contributed by atoms with Crippen molar-refractivity contribution in [3.63, 3.8) is 0 Å². The van der Waals surface area contributed by atoms with Gasteiger partial charge in [-0.05, 0) is 30.3 Å². The number of H-pyrrole nitrogens is 1. The van der Waals surface area contributed by atoms with E-state index in [1.807, 2.05) is 47.8 Å². The molecule has 0 aliphatic carbocycles. The van der Waals surface area contributed by atoms with Crippen LogP contribution in [0, 0.1) is 0 Å². The predicted molar refractivity (Wildman–Crippen MR) is 91.9 cm³/mol. The number of nitrogens with zero attached hydrogens (tertiary/aromatic N) is 2. The largest absolute Gasteiger partial charge is 0.332 e. The fourth-order valence-corrected chi connectivity index (χ4v) is 3.19. The average molecular weight is 327 g/mol. The number of hydrogen-bond acceptors (Lipinski definition) is 4. The Balaban J connectivity index is 1.61. The van der Waals surface area contributed by atoms with Crippen LogP contribution in [0.5, 0.6) is 0 Å². The Labute approximate surface area is 135 Å². The molecule has 0 radical (unpaired) electrons. The zero-order valence-corrected chi connectivity index (χ0v) is 12.9. The zero-order valence-electron chi connectivity index (χ0n) is 11.4. The van der Waals surface area contributed by atoms with Gasteiger partial charge >= 0.3 is 0 Å². The normalized spacial score (nSPS) is 11.0. The molecule has 4 aromatic rings. The van der Waals surface area contributed by atoms with E-state index >= 15 is 0 Å². The van der Waals surface area contributed by atoms with E-state index in [0.29, 0.717) is 5.02 Å². The molecule has 0 unspecified atom stereocenters. The highest BCUT2D eigenvalue weighted by Crippen LogP contribution is 2.29. The standard InChI is InChI=1S/C16H11ClN4S/c17-12-3-1-2-10(6-12)15-9-22-16(20-15)19-13-4-5-14-11(7-13)8-18-21-14/h1-9H,(H,18,21)(H,19,20). The van der Waals surface area contributed by atoms with Crippen molar-refractivity contribution in [2.24, 2.45) is 0 Å². The summed E-state index contributed by atoms with van der Waals surface area (Å²) in [7, 11) is 0. The number of aromatic nitrogens is 3. The molecule has 0 aliphatic rings. The van der Waals surface area contributed by atoms with Gasteiger partial charge in [0.15, 0.2) is 5.13 Å². The van der Waals surface area contributed by atoms with Crippen LogP contribution < -0.4 is 5.32 Å². The van der Waals surface area contributed by atoms with Gasteiger partial charge in [-0.3, -0.25) is 5.10 Å². The monoisotopic (exact) mass is 326 g/mol. The molecule has 2 aromatic heterocycles. The molecule has 4 nitrogen and oxygen atoms in total. The van der Waals surface area contributed by atoms with Gasteiger partial charge in [0.05, 0.1) is 17.4 Å². The van der Waals surface area contributed by atoms with E-state index in [2.05, 4.69) is 20.5 Å². The van der Waals surface area contributed by atoms with E-state index < -0.39 is 0 Å². The van der Waals surface area contributed by atoms with Gasteiger partial charge in [0.25, 0.3) is 0 Å². The molecule has 0 aliphatic heterocycles. The fraction of sp³-hybridized carbons (Fsp3) is 0. The van der Waals surface area contributed by atoms with Crippen LogP contribution in [0.15, 0.2) is 54.0 Å². The first kappa shape index (κ1) is 13.3. The van der Waals surface area contributed by atoms with E-state index in [0.717, 1.165) is 33.0 Å². The van der Waals surface area contributed by atoms with Crippen LogP contribution in [0.2, 0.25) is 5.02 Å². The molecule has 108 valence electrons. The van der Waals surface area contributed by atoms with Gasteiger partial charge in [0, 0.05) is 27.0 Å². The first-order valence-corrected chi connectivity index (χ1v) is 7.95. The summed E-state index contributed by atoms with van der Waals surface area (Å²) >= 11 is 7.59. The molecule has 0 bridgehead atoms. The van der Waals surface area contributed by atoms with Gasteiger partial charge in [-0.15, -0.1) is 11.3 Å². The molecule has 0 amide bonds. The lowest BCUT2D eigenvalue weighted by molar-refractivity contribution is 1.12. The molecule has 2 N–H and O–H groups in total. The molecule has 4 rings (SSSR count). The lowest BCUT2D eigenvalue weighted by Crippen LogP contribution is -1.89. The van der Waals surface area contributed by atoms with Gasteiger partial charge in [0.2, 0.25) is 0 Å². The molecular weight excluding hydrogens is 316 g/mol. The van der Waals surface area contributed by atoms with E-state index in [1.54, 1.807) is 17.5 Å². The Morgan fingerprint density at radius 3 is 3.00 bits per heavy atom. The molecule has 22 heavy (non-hydrogen) atoms. The van der Waals surface area contributed by atoms with Crippen molar-refractivity contribution < 1.29 is 0 Å². The van der Waals surface area contributed by atoms with Gasteiger partial charge in [0.1, 0.15) is 0 Å². The smallest absolute Gasteiger partial charge is 0.187 e. The predicted octanol–water partition coefficient (Wildman–Crippen LogP) is 5.08. The highest BCUT2D eigenvalue weighted by Gasteiger charge is 2.06. The molecular formula is C16H11ClN4S. The average Bonchev–Trinajstić information content (AvgIpc) is 3.16. The number of halogens is 1. The van der Waals surface area contributed by atoms with Gasteiger partial charge in [-0.2, -0.15) is 5.10 Å². The quantitative estimate of drug-likeness (QED) is 0.551. The van der Waals surface area contributed by atoms with Crippen molar-refractivity contribution in [3.05, 3.63) is 59.1 Å². The fourth-order valence-electron chi connectivity index (χ4n) is 2.26. The van der Waals surface area contributed by atoms with Crippen LogP contribution in [0.4, 0.5) is 10.8 Å². The van der Waals surface area contributed by atoms with Crippen LogP contribution >= 0.6 is 22.9 Å². The van der Waals surface area contributed by atoms with Crippen LogP contribution in [0.3, 0.4) is 0 Å². The first-order chi connectivity index (χ1) is 10.8. The summed E-state index contributed by atoms with van der Waals surface area (Å²) in [5.74, 6) is 0. The van der Waals surface area contributed by atoms with Crippen molar-refractivity contribution in [1.29, 1.82) is 0 Å². The Hall–Kier alpha value is -2.37. The van der Waals surface area contributed by atoms with Gasteiger partial charge in [-0.1, -0.05) is 23.7 Å². The van der Waals surface area contributed by atoms with Crippen molar-refractivity contribution in [1.82, 2.24) is 15.2 Å². The minimum atomic E-state index is 0.713. The van der Waals surface area contributed by atoms with Crippen LogP contribution in [-0.4, -0.2) is 15.2 Å². The maximum atomic E-state index is 6.03. The van der Waals surface area contributed by atoms with Crippen molar-refractivity contribution in [2.75, 3.05) is 5.32 Å². The van der Waals surface area contributed by atoms with E-state index in [9.17, 15) is 0 Å². The van der Waals surface area contributed by atoms with E-state index in [4.69, 9.17) is 11.6 Å². The minimum absolute atomic E-state index is 0.713. The molecule has 0 saturated carbocycles. The molecule has 0 fully saturated rings. The number of thiazole rings is 1. The Bertz CT molecular complexity index is 944. The minimum Gasteiger partial charge on any atom is -0.332 e. The second-order valence-electron chi connectivity index (χ2n) is 4.85. The number of benzene rings is 2. The Morgan fingerprint density at radius 1 is 1.14 bits per heavy atom. The summed E-state index contributed by atoms with van der Waals surface area (Å²) in [5, 5.41) is 14.9. The summed E-state index contributed by atoms with van der Waals surface area (Å²) in [5.41, 5.74) is 3.94. The molecule has 2 aromatic carbocycles. The zero-order chi connectivity index (χ0) is 14.9. The van der Waals surface area contributed by atoms with Crippen LogP contribution in [0.1, 0.15) is 0 Å². The molecule has 6 heteroatoms. The summed E-state index contributed by atoms with van der Waals surface area (Å²) in [6, 6.07) is 13.7. The Kier molecular flexibility index (Phi) is 3.29. The van der Waals surface area contributed by atoms with Crippen molar-refractivity contribution in [2.45, 2.75) is 0 Å². The lowest BCUT2D eigenvalue weighted by atomic mass is 10.2. The van der Waals surface area contributed by atoms with Crippen LogP contribution in [-0.2, 0) is 0 Å². The van der Waals surface area contributed by atoms with Crippen molar-refractivity contribution in [3.8, 4) is 11.3 Å². The van der Waals surface area contributed by atoms with Gasteiger partial charge in [-0.25, -0.2) is 4.98 Å². The van der Waals surface area contributed by atoms with Crippen LogP contribution in [0.25, 0.3) is 22.2 Å². The third-order valence-corrected chi connectivity index (χ3v) is 4.31. The number of hydrogen-bond donors (Lipinski definition) is 2. The third-order valence-electron chi connectivity index (χ3n) is 3.32. The SMILES string of the molecule is Clc1cccc(-c2csc(Nc3ccc4[nH]ncc4c3)n2)c1. The maximum absolute atomic E-state index is 6.03. The topological polar surface area (TPSA) is 53.6 Å². The summed E-state index contributed by atoms with van der Waals surface area (Å²) < 4.78 is 0. The number of anilines is 2. The number of aromatic amines is 1. The van der Waals surface area contributed by atoms with E-state index in [1.165, 1.54) is 0 Å². The third kappa shape index (κ3) is 2.56. The summed E-state index contributed by atoms with van der Waals surface area (Å²) in [6.45, 7) is 0. The summed E-state index contributed by atoms with van der Waals surface area (Å²) in [4.78, 5) is 4.61. The second-order valence-corrected chi connectivity index (χ2v) is 6.14. The Morgan fingerprint density at radius 2 is 2.09 bits per heavy atom.